The van der Waals surface area contributed by atoms with Crippen LogP contribution in [-0.4, -0.2) is 29.4 Å². The van der Waals surface area contributed by atoms with Crippen molar-refractivity contribution in [2.24, 2.45) is 0 Å². The maximum Gasteiger partial charge on any atom is 0.312 e. The summed E-state index contributed by atoms with van der Waals surface area (Å²) >= 11 is 0. The molecule has 2 N–H and O–H groups in total. The van der Waals surface area contributed by atoms with E-state index in [1.807, 2.05) is 0 Å². The summed E-state index contributed by atoms with van der Waals surface area (Å²) in [6.45, 7) is 1.97. The number of hydrogen-bond acceptors (Lipinski definition) is 3. The SMILES string of the molecule is CC(=O)NCc1ccc(C(=O)N2C[C@@H](C(=O)O)c3ccccc32)cc1. The fourth-order valence-electron chi connectivity index (χ4n) is 2.96. The molecule has 2 aromatic carbocycles. The third kappa shape index (κ3) is 3.38. The van der Waals surface area contributed by atoms with Gasteiger partial charge in [-0.2, -0.15) is 0 Å². The molecule has 0 bridgehead atoms. The lowest BCUT2D eigenvalue weighted by atomic mass is 10.0. The Morgan fingerprint density at radius 2 is 1.80 bits per heavy atom. The number of benzene rings is 2. The molecule has 0 aliphatic carbocycles. The number of carbonyl (C=O) groups excluding carboxylic acids is 2. The van der Waals surface area contributed by atoms with Gasteiger partial charge in [-0.05, 0) is 29.3 Å². The van der Waals surface area contributed by atoms with Gasteiger partial charge in [0, 0.05) is 31.3 Å². The van der Waals surface area contributed by atoms with Crippen molar-refractivity contribution in [2.45, 2.75) is 19.4 Å². The van der Waals surface area contributed by atoms with Crippen molar-refractivity contribution in [3.8, 4) is 0 Å². The molecular formula is C19H18N2O4. The number of rotatable bonds is 4. The van der Waals surface area contributed by atoms with Crippen molar-refractivity contribution in [3.05, 3.63) is 65.2 Å². The highest BCUT2D eigenvalue weighted by Gasteiger charge is 2.36. The Hall–Kier alpha value is -3.15. The zero-order valence-corrected chi connectivity index (χ0v) is 13.7. The molecule has 128 valence electrons. The summed E-state index contributed by atoms with van der Waals surface area (Å²) in [6.07, 6.45) is 0. The van der Waals surface area contributed by atoms with Gasteiger partial charge in [0.1, 0.15) is 5.92 Å². The Morgan fingerprint density at radius 1 is 1.12 bits per heavy atom. The van der Waals surface area contributed by atoms with Crippen LogP contribution in [0.25, 0.3) is 0 Å². The molecule has 1 heterocycles. The molecule has 0 saturated heterocycles. The van der Waals surface area contributed by atoms with Crippen molar-refractivity contribution >= 4 is 23.5 Å². The number of amides is 2. The highest BCUT2D eigenvalue weighted by atomic mass is 16.4. The highest BCUT2D eigenvalue weighted by molar-refractivity contribution is 6.08. The number of para-hydroxylation sites is 1. The van der Waals surface area contributed by atoms with E-state index in [1.165, 1.54) is 11.8 Å². The third-order valence-electron chi connectivity index (χ3n) is 4.25. The van der Waals surface area contributed by atoms with Crippen LogP contribution >= 0.6 is 0 Å². The van der Waals surface area contributed by atoms with Gasteiger partial charge >= 0.3 is 5.97 Å². The summed E-state index contributed by atoms with van der Waals surface area (Å²) in [6, 6.07) is 14.0. The zero-order chi connectivity index (χ0) is 18.0. The first-order valence-corrected chi connectivity index (χ1v) is 7.94. The van der Waals surface area contributed by atoms with Gasteiger partial charge < -0.3 is 15.3 Å². The maximum atomic E-state index is 12.8. The van der Waals surface area contributed by atoms with E-state index < -0.39 is 11.9 Å². The predicted octanol–water partition coefficient (Wildman–Crippen LogP) is 2.15. The molecule has 1 atom stereocenters. The van der Waals surface area contributed by atoms with Crippen molar-refractivity contribution in [2.75, 3.05) is 11.4 Å². The second-order valence-electron chi connectivity index (χ2n) is 5.97. The summed E-state index contributed by atoms with van der Waals surface area (Å²) in [5.41, 5.74) is 2.66. The lowest BCUT2D eigenvalue weighted by Gasteiger charge is -2.17. The van der Waals surface area contributed by atoms with E-state index in [9.17, 15) is 19.5 Å². The minimum absolute atomic E-state index is 0.117. The smallest absolute Gasteiger partial charge is 0.312 e. The van der Waals surface area contributed by atoms with E-state index in [0.29, 0.717) is 23.4 Å². The van der Waals surface area contributed by atoms with Crippen molar-refractivity contribution in [1.82, 2.24) is 5.32 Å². The van der Waals surface area contributed by atoms with Gasteiger partial charge in [0.05, 0.1) is 0 Å². The fourth-order valence-corrected chi connectivity index (χ4v) is 2.96. The topological polar surface area (TPSA) is 86.7 Å². The molecule has 2 amide bonds. The van der Waals surface area contributed by atoms with Crippen LogP contribution in [0.3, 0.4) is 0 Å². The highest BCUT2D eigenvalue weighted by Crippen LogP contribution is 2.37. The van der Waals surface area contributed by atoms with Crippen molar-refractivity contribution in [3.63, 3.8) is 0 Å². The number of carboxylic acids is 1. The molecule has 6 nitrogen and oxygen atoms in total. The number of aliphatic carboxylic acids is 1. The van der Waals surface area contributed by atoms with Crippen LogP contribution in [0.2, 0.25) is 0 Å². The molecule has 0 aromatic heterocycles. The Balaban J connectivity index is 1.82. The van der Waals surface area contributed by atoms with E-state index in [4.69, 9.17) is 0 Å². The molecule has 0 spiro atoms. The van der Waals surface area contributed by atoms with Gasteiger partial charge in [-0.1, -0.05) is 30.3 Å². The molecule has 25 heavy (non-hydrogen) atoms. The molecule has 0 unspecified atom stereocenters. The number of anilines is 1. The molecule has 1 aliphatic rings. The van der Waals surface area contributed by atoms with Crippen LogP contribution in [-0.2, 0) is 16.1 Å². The Morgan fingerprint density at radius 3 is 2.44 bits per heavy atom. The van der Waals surface area contributed by atoms with Crippen LogP contribution in [0.15, 0.2) is 48.5 Å². The van der Waals surface area contributed by atoms with Gasteiger partial charge in [0.2, 0.25) is 5.91 Å². The van der Waals surface area contributed by atoms with Gasteiger partial charge in [-0.25, -0.2) is 0 Å². The largest absolute Gasteiger partial charge is 0.481 e. The summed E-state index contributed by atoms with van der Waals surface area (Å²) < 4.78 is 0. The van der Waals surface area contributed by atoms with E-state index in [-0.39, 0.29) is 18.4 Å². The monoisotopic (exact) mass is 338 g/mol. The third-order valence-corrected chi connectivity index (χ3v) is 4.25. The average molecular weight is 338 g/mol. The normalized spacial score (nSPS) is 15.6. The number of nitrogens with one attached hydrogen (secondary N) is 1. The van der Waals surface area contributed by atoms with Crippen molar-refractivity contribution in [1.29, 1.82) is 0 Å². The van der Waals surface area contributed by atoms with Gasteiger partial charge in [-0.3, -0.25) is 14.4 Å². The minimum Gasteiger partial charge on any atom is -0.481 e. The van der Waals surface area contributed by atoms with Crippen LogP contribution in [0.1, 0.15) is 34.3 Å². The van der Waals surface area contributed by atoms with Crippen LogP contribution < -0.4 is 10.2 Å². The summed E-state index contributed by atoms with van der Waals surface area (Å²) in [5, 5.41) is 12.1. The van der Waals surface area contributed by atoms with Gasteiger partial charge in [0.15, 0.2) is 0 Å². The molecule has 3 rings (SSSR count). The zero-order valence-electron chi connectivity index (χ0n) is 13.7. The van der Waals surface area contributed by atoms with Crippen molar-refractivity contribution < 1.29 is 19.5 Å². The fraction of sp³-hybridized carbons (Fsp3) is 0.211. The molecule has 0 saturated carbocycles. The van der Waals surface area contributed by atoms with E-state index in [1.54, 1.807) is 48.5 Å². The minimum atomic E-state index is -0.937. The number of carbonyl (C=O) groups is 3. The Kier molecular flexibility index (Phi) is 4.52. The standard InChI is InChI=1S/C19H18N2O4/c1-12(22)20-10-13-6-8-14(9-7-13)18(23)21-11-16(19(24)25)15-4-2-3-5-17(15)21/h2-9,16H,10-11H2,1H3,(H,20,22)(H,24,25)/t16-/m1/s1. The number of hydrogen-bond donors (Lipinski definition) is 2. The lowest BCUT2D eigenvalue weighted by molar-refractivity contribution is -0.138. The van der Waals surface area contributed by atoms with Crippen LogP contribution in [0, 0.1) is 0 Å². The molecule has 0 fully saturated rings. The Bertz CT molecular complexity index is 830. The maximum absolute atomic E-state index is 12.8. The molecule has 6 heteroatoms. The molecular weight excluding hydrogens is 320 g/mol. The first kappa shape index (κ1) is 16.7. The van der Waals surface area contributed by atoms with Gasteiger partial charge in [-0.15, -0.1) is 0 Å². The van der Waals surface area contributed by atoms with E-state index >= 15 is 0 Å². The number of fused-ring (bicyclic) bond motifs is 1. The van der Waals surface area contributed by atoms with E-state index in [2.05, 4.69) is 5.32 Å². The number of carboxylic acid groups (broad SMARTS) is 1. The number of nitrogens with zero attached hydrogens (tertiary/aromatic N) is 1. The van der Waals surface area contributed by atoms with Crippen LogP contribution in [0.5, 0.6) is 0 Å². The summed E-state index contributed by atoms with van der Waals surface area (Å²) in [7, 11) is 0. The summed E-state index contributed by atoms with van der Waals surface area (Å²) in [5.74, 6) is -2.00. The Labute approximate surface area is 145 Å². The quantitative estimate of drug-likeness (QED) is 0.894. The van der Waals surface area contributed by atoms with Crippen LogP contribution in [0.4, 0.5) is 5.69 Å². The predicted molar refractivity (Wildman–Crippen MR) is 92.5 cm³/mol. The first-order valence-electron chi connectivity index (χ1n) is 7.94. The summed E-state index contributed by atoms with van der Waals surface area (Å²) in [4.78, 5) is 36.7. The van der Waals surface area contributed by atoms with E-state index in [0.717, 1.165) is 5.56 Å². The second kappa shape index (κ2) is 6.76. The average Bonchev–Trinajstić information content (AvgIpc) is 3.00. The lowest BCUT2D eigenvalue weighted by Crippen LogP contribution is -2.31. The molecule has 1 aliphatic heterocycles. The molecule has 0 radical (unpaired) electrons. The second-order valence-corrected chi connectivity index (χ2v) is 5.97. The molecule has 2 aromatic rings. The first-order chi connectivity index (χ1) is 12.0. The van der Waals surface area contributed by atoms with Gasteiger partial charge in [0.25, 0.3) is 5.91 Å².